The number of aromatic nitrogens is 2. The third kappa shape index (κ3) is 4.59. The summed E-state index contributed by atoms with van der Waals surface area (Å²) in [6.07, 6.45) is 1.81. The molecule has 0 fully saturated rings. The zero-order valence-electron chi connectivity index (χ0n) is 17.1. The van der Waals surface area contributed by atoms with Crippen molar-refractivity contribution in [1.82, 2.24) is 20.4 Å². The summed E-state index contributed by atoms with van der Waals surface area (Å²) < 4.78 is 0. The van der Waals surface area contributed by atoms with Crippen LogP contribution in [0.1, 0.15) is 38.4 Å². The van der Waals surface area contributed by atoms with E-state index in [0.29, 0.717) is 38.2 Å². The molecule has 0 saturated heterocycles. The van der Waals surface area contributed by atoms with Gasteiger partial charge in [-0.1, -0.05) is 60.2 Å². The normalized spacial score (nSPS) is 13.0. The van der Waals surface area contributed by atoms with Crippen molar-refractivity contribution in [3.63, 3.8) is 0 Å². The molecule has 154 valence electrons. The number of carbonyl (C=O) groups is 2. The van der Waals surface area contributed by atoms with Crippen LogP contribution in [-0.2, 0) is 30.6 Å². The molecule has 0 spiro atoms. The minimum atomic E-state index is -0.198. The maximum atomic E-state index is 12.8. The van der Waals surface area contributed by atoms with Crippen molar-refractivity contribution in [3.8, 4) is 0 Å². The second-order valence-electron chi connectivity index (χ2n) is 7.75. The van der Waals surface area contributed by atoms with E-state index in [1.54, 1.807) is 0 Å². The van der Waals surface area contributed by atoms with Crippen LogP contribution in [0.3, 0.4) is 0 Å². The van der Waals surface area contributed by atoms with Crippen LogP contribution in [0.5, 0.6) is 0 Å². The summed E-state index contributed by atoms with van der Waals surface area (Å²) >= 11 is 0. The van der Waals surface area contributed by atoms with Crippen molar-refractivity contribution in [3.05, 3.63) is 88.2 Å². The number of rotatable bonds is 6. The summed E-state index contributed by atoms with van der Waals surface area (Å²) in [5.41, 5.74) is 5.50. The highest BCUT2D eigenvalue weighted by Gasteiger charge is 2.27. The van der Waals surface area contributed by atoms with Gasteiger partial charge in [-0.05, 0) is 24.5 Å². The topological polar surface area (TPSA) is 78.1 Å². The SMILES string of the molecule is Cc1cccc(CC(=O)N2CCc3[nH]nc(C(=O)NCCc4ccccc4)c3C2)c1. The molecule has 0 aliphatic carbocycles. The molecule has 1 aromatic heterocycles. The molecular formula is C24H26N4O2. The molecule has 1 aliphatic rings. The Morgan fingerprint density at radius 1 is 1.10 bits per heavy atom. The summed E-state index contributed by atoms with van der Waals surface area (Å²) in [5, 5.41) is 10.2. The van der Waals surface area contributed by atoms with E-state index >= 15 is 0 Å². The molecule has 30 heavy (non-hydrogen) atoms. The quantitative estimate of drug-likeness (QED) is 0.666. The second-order valence-corrected chi connectivity index (χ2v) is 7.75. The average molecular weight is 402 g/mol. The molecular weight excluding hydrogens is 376 g/mol. The molecule has 2 aromatic carbocycles. The number of carbonyl (C=O) groups excluding carboxylic acids is 2. The maximum absolute atomic E-state index is 12.8. The first-order chi connectivity index (χ1) is 14.6. The molecule has 2 amide bonds. The van der Waals surface area contributed by atoms with Crippen LogP contribution in [0.2, 0.25) is 0 Å². The number of hydrogen-bond acceptors (Lipinski definition) is 3. The highest BCUT2D eigenvalue weighted by molar-refractivity contribution is 5.94. The molecule has 0 saturated carbocycles. The van der Waals surface area contributed by atoms with Gasteiger partial charge >= 0.3 is 0 Å². The second kappa shape index (κ2) is 8.95. The number of H-pyrrole nitrogens is 1. The average Bonchev–Trinajstić information content (AvgIpc) is 3.18. The molecule has 0 radical (unpaired) electrons. The van der Waals surface area contributed by atoms with Crippen LogP contribution in [0, 0.1) is 6.92 Å². The Hall–Kier alpha value is -3.41. The van der Waals surface area contributed by atoms with Crippen LogP contribution in [0.25, 0.3) is 0 Å². The molecule has 6 nitrogen and oxygen atoms in total. The third-order valence-corrected chi connectivity index (χ3v) is 5.48. The smallest absolute Gasteiger partial charge is 0.272 e. The van der Waals surface area contributed by atoms with Crippen LogP contribution < -0.4 is 5.32 Å². The van der Waals surface area contributed by atoms with E-state index in [1.807, 2.05) is 66.4 Å². The molecule has 6 heteroatoms. The van der Waals surface area contributed by atoms with Gasteiger partial charge in [0, 0.05) is 37.3 Å². The lowest BCUT2D eigenvalue weighted by Gasteiger charge is -2.27. The van der Waals surface area contributed by atoms with Gasteiger partial charge < -0.3 is 10.2 Å². The first-order valence-electron chi connectivity index (χ1n) is 10.3. The van der Waals surface area contributed by atoms with Gasteiger partial charge in [0.05, 0.1) is 6.42 Å². The Kier molecular flexibility index (Phi) is 5.93. The largest absolute Gasteiger partial charge is 0.350 e. The van der Waals surface area contributed by atoms with E-state index in [4.69, 9.17) is 0 Å². The lowest BCUT2D eigenvalue weighted by molar-refractivity contribution is -0.131. The van der Waals surface area contributed by atoms with Gasteiger partial charge in [-0.2, -0.15) is 5.10 Å². The summed E-state index contributed by atoms with van der Waals surface area (Å²) in [7, 11) is 0. The number of benzene rings is 2. The number of nitrogens with one attached hydrogen (secondary N) is 2. The fraction of sp³-hybridized carbons (Fsp3) is 0.292. The molecule has 0 atom stereocenters. The van der Waals surface area contributed by atoms with Crippen molar-refractivity contribution in [2.24, 2.45) is 0 Å². The molecule has 0 bridgehead atoms. The van der Waals surface area contributed by atoms with E-state index in [-0.39, 0.29) is 11.8 Å². The lowest BCUT2D eigenvalue weighted by atomic mass is 10.0. The lowest BCUT2D eigenvalue weighted by Crippen LogP contribution is -2.37. The predicted molar refractivity (Wildman–Crippen MR) is 115 cm³/mol. The molecule has 2 heterocycles. The zero-order valence-corrected chi connectivity index (χ0v) is 17.1. The summed E-state index contributed by atoms with van der Waals surface area (Å²) in [6.45, 7) is 3.61. The maximum Gasteiger partial charge on any atom is 0.272 e. The highest BCUT2D eigenvalue weighted by Crippen LogP contribution is 2.21. The fourth-order valence-electron chi connectivity index (χ4n) is 3.85. The van der Waals surface area contributed by atoms with Gasteiger partial charge in [0.15, 0.2) is 5.69 Å². The van der Waals surface area contributed by atoms with E-state index in [9.17, 15) is 9.59 Å². The Morgan fingerprint density at radius 3 is 2.70 bits per heavy atom. The zero-order chi connectivity index (χ0) is 20.9. The summed E-state index contributed by atoms with van der Waals surface area (Å²) in [4.78, 5) is 27.3. The molecule has 3 aromatic rings. The van der Waals surface area contributed by atoms with Gasteiger partial charge in [-0.25, -0.2) is 0 Å². The van der Waals surface area contributed by atoms with Gasteiger partial charge in [0.1, 0.15) is 0 Å². The van der Waals surface area contributed by atoms with Crippen LogP contribution in [0.15, 0.2) is 54.6 Å². The standard InChI is InChI=1S/C24H26N4O2/c1-17-6-5-9-19(14-17)15-22(29)28-13-11-21-20(16-28)23(27-26-21)24(30)25-12-10-18-7-3-2-4-8-18/h2-9,14H,10-13,15-16H2,1H3,(H,25,30)(H,26,27). The van der Waals surface area contributed by atoms with Crippen molar-refractivity contribution in [1.29, 1.82) is 0 Å². The predicted octanol–water partition coefficient (Wildman–Crippen LogP) is 2.82. The Bertz CT molecular complexity index is 1040. The van der Waals surface area contributed by atoms with E-state index in [2.05, 4.69) is 15.5 Å². The summed E-state index contributed by atoms with van der Waals surface area (Å²) in [5.74, 6) is -0.126. The fourth-order valence-corrected chi connectivity index (χ4v) is 3.85. The number of nitrogens with zero attached hydrogens (tertiary/aromatic N) is 2. The van der Waals surface area contributed by atoms with Gasteiger partial charge in [-0.15, -0.1) is 0 Å². The van der Waals surface area contributed by atoms with E-state index in [1.165, 1.54) is 5.56 Å². The number of fused-ring (bicyclic) bond motifs is 1. The Labute approximate surface area is 176 Å². The van der Waals surface area contributed by atoms with Gasteiger partial charge in [-0.3, -0.25) is 14.7 Å². The Balaban J connectivity index is 1.38. The number of aryl methyl sites for hydroxylation is 1. The minimum absolute atomic E-state index is 0.0721. The Morgan fingerprint density at radius 2 is 1.90 bits per heavy atom. The monoisotopic (exact) mass is 402 g/mol. The van der Waals surface area contributed by atoms with Crippen LogP contribution >= 0.6 is 0 Å². The molecule has 2 N–H and O–H groups in total. The van der Waals surface area contributed by atoms with Crippen LogP contribution in [-0.4, -0.2) is 40.0 Å². The highest BCUT2D eigenvalue weighted by atomic mass is 16.2. The third-order valence-electron chi connectivity index (χ3n) is 5.48. The first-order valence-corrected chi connectivity index (χ1v) is 10.3. The number of amides is 2. The van der Waals surface area contributed by atoms with E-state index < -0.39 is 0 Å². The van der Waals surface area contributed by atoms with E-state index in [0.717, 1.165) is 28.8 Å². The van der Waals surface area contributed by atoms with Crippen molar-refractivity contribution < 1.29 is 9.59 Å². The molecule has 1 aliphatic heterocycles. The van der Waals surface area contributed by atoms with Gasteiger partial charge in [0.25, 0.3) is 5.91 Å². The summed E-state index contributed by atoms with van der Waals surface area (Å²) in [6, 6.07) is 18.0. The molecule has 4 rings (SSSR count). The minimum Gasteiger partial charge on any atom is -0.350 e. The van der Waals surface area contributed by atoms with Gasteiger partial charge in [0.2, 0.25) is 5.91 Å². The number of aromatic amines is 1. The van der Waals surface area contributed by atoms with Crippen molar-refractivity contribution in [2.75, 3.05) is 13.1 Å². The number of hydrogen-bond donors (Lipinski definition) is 2. The first kappa shape index (κ1) is 19.9. The molecule has 0 unspecified atom stereocenters. The van der Waals surface area contributed by atoms with Crippen molar-refractivity contribution in [2.45, 2.75) is 32.7 Å². The van der Waals surface area contributed by atoms with Crippen molar-refractivity contribution >= 4 is 11.8 Å². The van der Waals surface area contributed by atoms with Crippen LogP contribution in [0.4, 0.5) is 0 Å².